The zero-order valence-electron chi connectivity index (χ0n) is 13.4. The standard InChI is InChI=1S/C16H24N2O4.ClH/c1-20-10-7-17-8-11-22-15-4-2-14(3-5-15)18-16(19)13-6-9-21-12-13;/h2-5,13,17H,6-12H2,1H3,(H,18,19);1H. The van der Waals surface area contributed by atoms with Crippen molar-refractivity contribution in [3.63, 3.8) is 0 Å². The molecule has 6 nitrogen and oxygen atoms in total. The zero-order chi connectivity index (χ0) is 15.6. The maximum atomic E-state index is 12.0. The van der Waals surface area contributed by atoms with Gasteiger partial charge in [-0.15, -0.1) is 12.4 Å². The second-order valence-corrected chi connectivity index (χ2v) is 5.17. The van der Waals surface area contributed by atoms with Gasteiger partial charge in [-0.05, 0) is 30.7 Å². The lowest BCUT2D eigenvalue weighted by molar-refractivity contribution is -0.119. The molecule has 1 saturated heterocycles. The molecule has 0 aromatic heterocycles. The van der Waals surface area contributed by atoms with E-state index in [1.807, 2.05) is 24.3 Å². The number of nitrogens with one attached hydrogen (secondary N) is 2. The summed E-state index contributed by atoms with van der Waals surface area (Å²) in [6, 6.07) is 7.41. The molecule has 1 aliphatic heterocycles. The van der Waals surface area contributed by atoms with Gasteiger partial charge in [0.25, 0.3) is 0 Å². The highest BCUT2D eigenvalue weighted by molar-refractivity contribution is 5.92. The van der Waals surface area contributed by atoms with Crippen LogP contribution in [0.25, 0.3) is 0 Å². The van der Waals surface area contributed by atoms with Crippen molar-refractivity contribution in [2.45, 2.75) is 6.42 Å². The van der Waals surface area contributed by atoms with Crippen LogP contribution < -0.4 is 15.4 Å². The molecule has 0 spiro atoms. The Morgan fingerprint density at radius 2 is 2.00 bits per heavy atom. The highest BCUT2D eigenvalue weighted by Crippen LogP contribution is 2.18. The first kappa shape index (κ1) is 19.7. The first-order chi connectivity index (χ1) is 10.8. The van der Waals surface area contributed by atoms with E-state index in [-0.39, 0.29) is 24.2 Å². The van der Waals surface area contributed by atoms with E-state index in [4.69, 9.17) is 14.2 Å². The lowest BCUT2D eigenvalue weighted by Crippen LogP contribution is -2.24. The molecule has 1 aliphatic rings. The summed E-state index contributed by atoms with van der Waals surface area (Å²) in [5.74, 6) is 0.776. The van der Waals surface area contributed by atoms with Crippen molar-refractivity contribution >= 4 is 24.0 Å². The number of halogens is 1. The Hall–Kier alpha value is -1.34. The van der Waals surface area contributed by atoms with Gasteiger partial charge in [0.05, 0.1) is 19.1 Å². The van der Waals surface area contributed by atoms with Gasteiger partial charge in [-0.2, -0.15) is 0 Å². The number of benzene rings is 1. The van der Waals surface area contributed by atoms with Gasteiger partial charge in [0, 0.05) is 32.5 Å². The third-order valence-electron chi connectivity index (χ3n) is 3.45. The second kappa shape index (κ2) is 11.2. The van der Waals surface area contributed by atoms with Gasteiger partial charge >= 0.3 is 0 Å². The van der Waals surface area contributed by atoms with Crippen LogP contribution in [0.5, 0.6) is 5.75 Å². The highest BCUT2D eigenvalue weighted by atomic mass is 35.5. The summed E-state index contributed by atoms with van der Waals surface area (Å²) in [4.78, 5) is 12.0. The topological polar surface area (TPSA) is 68.8 Å². The number of anilines is 1. The van der Waals surface area contributed by atoms with E-state index >= 15 is 0 Å². The molecule has 2 rings (SSSR count). The fourth-order valence-corrected chi connectivity index (χ4v) is 2.16. The van der Waals surface area contributed by atoms with Crippen LogP contribution in [0, 0.1) is 5.92 Å². The molecule has 0 saturated carbocycles. The van der Waals surface area contributed by atoms with Crippen LogP contribution >= 0.6 is 12.4 Å². The molecule has 2 N–H and O–H groups in total. The highest BCUT2D eigenvalue weighted by Gasteiger charge is 2.23. The van der Waals surface area contributed by atoms with Gasteiger partial charge in [-0.3, -0.25) is 4.79 Å². The molecular formula is C16H25ClN2O4. The smallest absolute Gasteiger partial charge is 0.229 e. The molecule has 1 aromatic carbocycles. The molecule has 1 unspecified atom stereocenters. The van der Waals surface area contributed by atoms with Crippen LogP contribution in [0.4, 0.5) is 5.69 Å². The molecule has 0 bridgehead atoms. The molecule has 1 amide bonds. The third-order valence-corrected chi connectivity index (χ3v) is 3.45. The molecule has 0 aliphatic carbocycles. The minimum atomic E-state index is -0.0332. The third kappa shape index (κ3) is 7.18. The van der Waals surface area contributed by atoms with Gasteiger partial charge < -0.3 is 24.8 Å². The quantitative estimate of drug-likeness (QED) is 0.667. The maximum absolute atomic E-state index is 12.0. The normalized spacial score (nSPS) is 16.7. The van der Waals surface area contributed by atoms with Crippen LogP contribution in [0.3, 0.4) is 0 Å². The Kier molecular flexibility index (Phi) is 9.63. The Labute approximate surface area is 143 Å². The average molecular weight is 345 g/mol. The maximum Gasteiger partial charge on any atom is 0.229 e. The number of rotatable bonds is 9. The van der Waals surface area contributed by atoms with Crippen molar-refractivity contribution in [2.24, 2.45) is 5.92 Å². The first-order valence-corrected chi connectivity index (χ1v) is 7.60. The summed E-state index contributed by atoms with van der Waals surface area (Å²) in [5, 5.41) is 6.11. The molecule has 1 atom stereocenters. The largest absolute Gasteiger partial charge is 0.492 e. The zero-order valence-corrected chi connectivity index (χ0v) is 14.2. The van der Waals surface area contributed by atoms with Crippen molar-refractivity contribution in [1.82, 2.24) is 5.32 Å². The van der Waals surface area contributed by atoms with E-state index in [1.165, 1.54) is 0 Å². The average Bonchev–Trinajstić information content (AvgIpc) is 3.07. The summed E-state index contributed by atoms with van der Waals surface area (Å²) in [5.41, 5.74) is 0.780. The van der Waals surface area contributed by atoms with Gasteiger partial charge in [0.2, 0.25) is 5.91 Å². The number of hydrogen-bond donors (Lipinski definition) is 2. The summed E-state index contributed by atoms with van der Waals surface area (Å²) in [6.07, 6.45) is 0.795. The van der Waals surface area contributed by atoms with Crippen LogP contribution in [0.15, 0.2) is 24.3 Å². The minimum absolute atomic E-state index is 0. The van der Waals surface area contributed by atoms with E-state index < -0.39 is 0 Å². The fourth-order valence-electron chi connectivity index (χ4n) is 2.16. The van der Waals surface area contributed by atoms with E-state index in [2.05, 4.69) is 10.6 Å². The van der Waals surface area contributed by atoms with Crippen molar-refractivity contribution in [3.8, 4) is 5.75 Å². The molecule has 1 aromatic rings. The van der Waals surface area contributed by atoms with Crippen LogP contribution in [0.2, 0.25) is 0 Å². The van der Waals surface area contributed by atoms with E-state index in [9.17, 15) is 4.79 Å². The first-order valence-electron chi connectivity index (χ1n) is 7.60. The SMILES string of the molecule is COCCNCCOc1ccc(NC(=O)C2CCOC2)cc1.Cl. The van der Waals surface area contributed by atoms with Gasteiger partial charge in [-0.1, -0.05) is 0 Å². The fraction of sp³-hybridized carbons (Fsp3) is 0.562. The van der Waals surface area contributed by atoms with E-state index in [1.54, 1.807) is 7.11 Å². The number of carbonyl (C=O) groups is 1. The molecule has 7 heteroatoms. The molecule has 1 heterocycles. The van der Waals surface area contributed by atoms with Crippen molar-refractivity contribution in [2.75, 3.05) is 51.9 Å². The monoisotopic (exact) mass is 344 g/mol. The van der Waals surface area contributed by atoms with Crippen molar-refractivity contribution < 1.29 is 19.0 Å². The number of ether oxygens (including phenoxy) is 3. The Balaban J connectivity index is 0.00000264. The van der Waals surface area contributed by atoms with Gasteiger partial charge in [0.15, 0.2) is 0 Å². The van der Waals surface area contributed by atoms with Crippen LogP contribution in [-0.4, -0.2) is 52.5 Å². The van der Waals surface area contributed by atoms with E-state index in [0.717, 1.165) is 30.9 Å². The molecule has 0 radical (unpaired) electrons. The lowest BCUT2D eigenvalue weighted by Gasteiger charge is -2.11. The molecule has 23 heavy (non-hydrogen) atoms. The molecular weight excluding hydrogens is 320 g/mol. The number of hydrogen-bond acceptors (Lipinski definition) is 5. The summed E-state index contributed by atoms with van der Waals surface area (Å²) >= 11 is 0. The van der Waals surface area contributed by atoms with E-state index in [0.29, 0.717) is 26.4 Å². The predicted molar refractivity (Wildman–Crippen MR) is 91.5 cm³/mol. The Morgan fingerprint density at radius 3 is 2.65 bits per heavy atom. The van der Waals surface area contributed by atoms with Crippen molar-refractivity contribution in [1.29, 1.82) is 0 Å². The second-order valence-electron chi connectivity index (χ2n) is 5.17. The minimum Gasteiger partial charge on any atom is -0.492 e. The Morgan fingerprint density at radius 1 is 1.26 bits per heavy atom. The summed E-state index contributed by atoms with van der Waals surface area (Å²) < 4.78 is 15.8. The number of amides is 1. The molecule has 130 valence electrons. The Bertz CT molecular complexity index is 450. The molecule has 1 fully saturated rings. The number of methoxy groups -OCH3 is 1. The summed E-state index contributed by atoms with van der Waals surface area (Å²) in [7, 11) is 1.68. The van der Waals surface area contributed by atoms with Crippen LogP contribution in [0.1, 0.15) is 6.42 Å². The predicted octanol–water partition coefficient (Wildman–Crippen LogP) is 1.70. The summed E-state index contributed by atoms with van der Waals surface area (Å²) in [6.45, 7) is 4.06. The van der Waals surface area contributed by atoms with Gasteiger partial charge in [0.1, 0.15) is 12.4 Å². The van der Waals surface area contributed by atoms with Crippen molar-refractivity contribution in [3.05, 3.63) is 24.3 Å². The van der Waals surface area contributed by atoms with Gasteiger partial charge in [-0.25, -0.2) is 0 Å². The number of carbonyl (C=O) groups excluding carboxylic acids is 1. The lowest BCUT2D eigenvalue weighted by atomic mass is 10.1. The van der Waals surface area contributed by atoms with Crippen LogP contribution in [-0.2, 0) is 14.3 Å².